The average molecular weight is 410 g/mol. The number of carbonyl (C=O) groups is 1. The summed E-state index contributed by atoms with van der Waals surface area (Å²) in [6.45, 7) is 3.39. The molecule has 29 heavy (non-hydrogen) atoms. The van der Waals surface area contributed by atoms with Crippen LogP contribution in [0.15, 0.2) is 48.5 Å². The molecule has 0 radical (unpaired) electrons. The van der Waals surface area contributed by atoms with E-state index in [0.717, 1.165) is 29.3 Å². The topological polar surface area (TPSA) is 64.3 Å². The fourth-order valence-corrected chi connectivity index (χ4v) is 4.12. The Hall–Kier alpha value is -2.77. The molecule has 2 atom stereocenters. The highest BCUT2D eigenvalue weighted by molar-refractivity contribution is 7.71. The largest absolute Gasteiger partial charge is 0.465 e. The zero-order valence-electron chi connectivity index (χ0n) is 16.6. The van der Waals surface area contributed by atoms with Gasteiger partial charge >= 0.3 is 5.97 Å². The number of aromatic nitrogens is 3. The number of carbonyl (C=O) groups excluding carboxylic acids is 1. The molecular weight excluding hydrogens is 384 g/mol. The van der Waals surface area contributed by atoms with E-state index in [1.54, 1.807) is 0 Å². The Balaban J connectivity index is 1.61. The van der Waals surface area contributed by atoms with Crippen molar-refractivity contribution in [3.05, 3.63) is 70.0 Å². The van der Waals surface area contributed by atoms with Gasteiger partial charge in [0.25, 0.3) is 0 Å². The van der Waals surface area contributed by atoms with Gasteiger partial charge in [-0.3, -0.25) is 5.10 Å². The Labute approximate surface area is 175 Å². The molecule has 3 aromatic rings. The van der Waals surface area contributed by atoms with Crippen LogP contribution in [0, 0.1) is 4.77 Å². The van der Waals surface area contributed by atoms with Crippen molar-refractivity contribution in [2.75, 3.05) is 7.11 Å². The van der Waals surface area contributed by atoms with Gasteiger partial charge in [-0.1, -0.05) is 55.5 Å². The normalized spacial score (nSPS) is 18.3. The molecule has 0 bridgehead atoms. The smallest absolute Gasteiger partial charge is 0.365 e. The van der Waals surface area contributed by atoms with E-state index >= 15 is 0 Å². The zero-order valence-corrected chi connectivity index (χ0v) is 17.5. The van der Waals surface area contributed by atoms with Crippen LogP contribution in [0.4, 0.5) is 0 Å². The summed E-state index contributed by atoms with van der Waals surface area (Å²) in [5.41, 5.74) is 4.74. The third-order valence-corrected chi connectivity index (χ3v) is 5.93. The number of quaternary nitrogens is 1. The van der Waals surface area contributed by atoms with Crippen molar-refractivity contribution >= 4 is 18.2 Å². The highest BCUT2D eigenvalue weighted by atomic mass is 32.1. The molecule has 4 rings (SSSR count). The highest BCUT2D eigenvalue weighted by Crippen LogP contribution is 2.17. The molecule has 7 heteroatoms. The summed E-state index contributed by atoms with van der Waals surface area (Å²) in [6, 6.07) is 16.3. The van der Waals surface area contributed by atoms with Crippen molar-refractivity contribution in [3.8, 4) is 11.4 Å². The molecule has 1 unspecified atom stereocenters. The van der Waals surface area contributed by atoms with Gasteiger partial charge in [-0.15, -0.1) is 0 Å². The predicted octanol–water partition coefficient (Wildman–Crippen LogP) is 2.31. The van der Waals surface area contributed by atoms with E-state index in [-0.39, 0.29) is 12.0 Å². The van der Waals surface area contributed by atoms with Crippen LogP contribution in [0.25, 0.3) is 11.4 Å². The quantitative estimate of drug-likeness (QED) is 0.501. The second kappa shape index (κ2) is 8.31. The summed E-state index contributed by atoms with van der Waals surface area (Å²) in [7, 11) is 1.44. The number of H-pyrrole nitrogens is 1. The SMILES string of the molecule is CCc1ccc(-c2nc(=S)n(C[NH+]3Cc4ccccc4C[C@H]3C(=O)OC)[nH]2)cc1. The van der Waals surface area contributed by atoms with Crippen LogP contribution < -0.4 is 4.90 Å². The van der Waals surface area contributed by atoms with Gasteiger partial charge in [0.05, 0.1) is 7.11 Å². The van der Waals surface area contributed by atoms with Gasteiger partial charge in [0.2, 0.25) is 4.77 Å². The molecule has 0 spiro atoms. The number of rotatable bonds is 5. The molecule has 0 aliphatic carbocycles. The lowest BCUT2D eigenvalue weighted by molar-refractivity contribution is -0.955. The molecule has 1 aliphatic heterocycles. The van der Waals surface area contributed by atoms with Gasteiger partial charge in [-0.25, -0.2) is 9.48 Å². The number of benzene rings is 2. The summed E-state index contributed by atoms with van der Waals surface area (Å²) in [6.07, 6.45) is 1.66. The van der Waals surface area contributed by atoms with E-state index < -0.39 is 0 Å². The Bertz CT molecular complexity index is 1070. The van der Waals surface area contributed by atoms with Crippen LogP contribution in [-0.2, 0) is 35.6 Å². The second-order valence-electron chi connectivity index (χ2n) is 7.38. The summed E-state index contributed by atoms with van der Waals surface area (Å²) in [4.78, 5) is 18.1. The lowest BCUT2D eigenvalue weighted by atomic mass is 9.94. The zero-order chi connectivity index (χ0) is 20.4. The standard InChI is InChI=1S/C22H24N4O2S/c1-3-15-8-10-16(11-9-15)20-23-22(29)26(24-20)14-25-13-18-7-5-4-6-17(18)12-19(25)21(27)28-2/h4-11,19H,3,12-14H2,1-2H3,(H,23,24,29)/p+1/t19-/m0/s1. The minimum absolute atomic E-state index is 0.198. The number of fused-ring (bicyclic) bond motifs is 1. The van der Waals surface area contributed by atoms with Crippen molar-refractivity contribution in [2.24, 2.45) is 0 Å². The molecule has 2 N–H and O–H groups in total. The Kier molecular flexibility index (Phi) is 5.60. The second-order valence-corrected chi connectivity index (χ2v) is 7.74. The van der Waals surface area contributed by atoms with Crippen molar-refractivity contribution in [1.82, 2.24) is 14.8 Å². The minimum Gasteiger partial charge on any atom is -0.465 e. The number of hydrogen-bond acceptors (Lipinski definition) is 4. The van der Waals surface area contributed by atoms with Crippen molar-refractivity contribution in [2.45, 2.75) is 39.0 Å². The maximum Gasteiger partial charge on any atom is 0.365 e. The third kappa shape index (κ3) is 4.02. The molecule has 2 heterocycles. The number of hydrogen-bond donors (Lipinski definition) is 2. The van der Waals surface area contributed by atoms with Crippen LogP contribution in [0.1, 0.15) is 23.6 Å². The Morgan fingerprint density at radius 1 is 1.24 bits per heavy atom. The van der Waals surface area contributed by atoms with E-state index in [9.17, 15) is 4.79 Å². The third-order valence-electron chi connectivity index (χ3n) is 5.61. The van der Waals surface area contributed by atoms with Crippen LogP contribution in [0.5, 0.6) is 0 Å². The molecule has 1 aliphatic rings. The van der Waals surface area contributed by atoms with Crippen LogP contribution in [0.2, 0.25) is 0 Å². The van der Waals surface area contributed by atoms with E-state index in [1.165, 1.54) is 23.8 Å². The molecule has 150 valence electrons. The highest BCUT2D eigenvalue weighted by Gasteiger charge is 2.36. The van der Waals surface area contributed by atoms with Crippen LogP contribution >= 0.6 is 12.2 Å². The maximum atomic E-state index is 12.4. The lowest BCUT2D eigenvalue weighted by Gasteiger charge is -2.31. The fourth-order valence-electron chi connectivity index (χ4n) is 3.91. The number of methoxy groups -OCH3 is 1. The molecule has 0 saturated carbocycles. The first-order valence-corrected chi connectivity index (χ1v) is 10.2. The lowest BCUT2D eigenvalue weighted by Crippen LogP contribution is -3.16. The molecule has 2 aromatic carbocycles. The maximum absolute atomic E-state index is 12.4. The predicted molar refractivity (Wildman–Crippen MR) is 113 cm³/mol. The van der Waals surface area contributed by atoms with E-state index in [0.29, 0.717) is 17.9 Å². The van der Waals surface area contributed by atoms with Crippen LogP contribution in [-0.4, -0.2) is 33.9 Å². The Morgan fingerprint density at radius 3 is 2.66 bits per heavy atom. The van der Waals surface area contributed by atoms with Crippen molar-refractivity contribution < 1.29 is 14.4 Å². The Morgan fingerprint density at radius 2 is 1.97 bits per heavy atom. The van der Waals surface area contributed by atoms with Crippen molar-refractivity contribution in [1.29, 1.82) is 0 Å². The monoisotopic (exact) mass is 409 g/mol. The molecule has 0 amide bonds. The first-order valence-electron chi connectivity index (χ1n) is 9.84. The van der Waals surface area contributed by atoms with Crippen LogP contribution in [0.3, 0.4) is 0 Å². The van der Waals surface area contributed by atoms with Gasteiger partial charge in [-0.2, -0.15) is 4.98 Å². The number of nitrogens with zero attached hydrogens (tertiary/aromatic N) is 2. The number of aryl methyl sites for hydroxylation is 1. The summed E-state index contributed by atoms with van der Waals surface area (Å²) in [5.74, 6) is 0.542. The summed E-state index contributed by atoms with van der Waals surface area (Å²) in [5, 5.41) is 3.31. The number of nitrogens with one attached hydrogen (secondary N) is 2. The van der Waals surface area contributed by atoms with Crippen molar-refractivity contribution in [3.63, 3.8) is 0 Å². The van der Waals surface area contributed by atoms with Gasteiger partial charge in [0, 0.05) is 17.5 Å². The van der Waals surface area contributed by atoms with Gasteiger partial charge < -0.3 is 9.64 Å². The first-order chi connectivity index (χ1) is 14.1. The molecule has 0 fully saturated rings. The molecule has 1 aromatic heterocycles. The van der Waals surface area contributed by atoms with Gasteiger partial charge in [-0.05, 0) is 29.8 Å². The fraction of sp³-hybridized carbons (Fsp3) is 0.318. The van der Waals surface area contributed by atoms with E-state index in [1.807, 2.05) is 16.8 Å². The summed E-state index contributed by atoms with van der Waals surface area (Å²) >= 11 is 5.49. The number of aromatic amines is 1. The molecule has 6 nitrogen and oxygen atoms in total. The van der Waals surface area contributed by atoms with E-state index in [2.05, 4.69) is 53.4 Å². The minimum atomic E-state index is -0.271. The van der Waals surface area contributed by atoms with Gasteiger partial charge in [0.1, 0.15) is 6.54 Å². The summed E-state index contributed by atoms with van der Waals surface area (Å²) < 4.78 is 7.40. The average Bonchev–Trinajstić information content (AvgIpc) is 3.13. The molecular formula is C22H25N4O2S+. The van der Waals surface area contributed by atoms with E-state index in [4.69, 9.17) is 17.0 Å². The number of esters is 1. The number of ether oxygens (including phenoxy) is 1. The van der Waals surface area contributed by atoms with Gasteiger partial charge in [0.15, 0.2) is 18.5 Å². The molecule has 0 saturated heterocycles. The first kappa shape index (κ1) is 19.5.